The van der Waals surface area contributed by atoms with E-state index in [1.807, 2.05) is 0 Å². The molecule has 0 amide bonds. The van der Waals surface area contributed by atoms with Crippen molar-refractivity contribution in [3.05, 3.63) is 22.4 Å². The number of ether oxygens (including phenoxy) is 1. The Morgan fingerprint density at radius 3 is 2.83 bits per heavy atom. The summed E-state index contributed by atoms with van der Waals surface area (Å²) in [6.45, 7) is 3.27. The van der Waals surface area contributed by atoms with E-state index >= 15 is 0 Å². The van der Waals surface area contributed by atoms with Gasteiger partial charge in [0.05, 0.1) is 19.3 Å². The third-order valence-electron chi connectivity index (χ3n) is 3.51. The second kappa shape index (κ2) is 7.21. The van der Waals surface area contributed by atoms with E-state index in [2.05, 4.69) is 21.7 Å². The maximum Gasteiger partial charge on any atom is 0.0701 e. The average Bonchev–Trinajstić information content (AvgIpc) is 2.93. The molecule has 0 saturated carbocycles. The average molecular weight is 270 g/mol. The molecule has 18 heavy (non-hydrogen) atoms. The summed E-state index contributed by atoms with van der Waals surface area (Å²) in [6, 6.07) is 2.51. The molecule has 2 heterocycles. The second-order valence-corrected chi connectivity index (χ2v) is 5.42. The van der Waals surface area contributed by atoms with Crippen molar-refractivity contribution in [1.82, 2.24) is 4.90 Å². The molecule has 0 bridgehead atoms. The lowest BCUT2D eigenvalue weighted by atomic mass is 10.0. The number of piperidine rings is 1. The van der Waals surface area contributed by atoms with Crippen LogP contribution in [0, 0.1) is 0 Å². The first-order valence-corrected chi connectivity index (χ1v) is 7.48. The van der Waals surface area contributed by atoms with Crippen LogP contribution in [0.5, 0.6) is 0 Å². The zero-order valence-electron chi connectivity index (χ0n) is 10.6. The number of aliphatic hydroxyl groups is 1. The molecule has 0 spiro atoms. The molecule has 4 nitrogen and oxygen atoms in total. The Balaban J connectivity index is 1.84. The van der Waals surface area contributed by atoms with E-state index < -0.39 is 0 Å². The van der Waals surface area contributed by atoms with Gasteiger partial charge in [0.1, 0.15) is 0 Å². The summed E-state index contributed by atoms with van der Waals surface area (Å²) >= 11 is 1.72. The molecule has 1 aliphatic heterocycles. The second-order valence-electron chi connectivity index (χ2n) is 4.64. The van der Waals surface area contributed by atoms with E-state index in [1.54, 1.807) is 11.3 Å². The normalized spacial score (nSPS) is 20.1. The van der Waals surface area contributed by atoms with E-state index in [9.17, 15) is 0 Å². The highest BCUT2D eigenvalue weighted by Gasteiger charge is 2.25. The summed E-state index contributed by atoms with van der Waals surface area (Å²) in [4.78, 5) is 2.45. The van der Waals surface area contributed by atoms with Gasteiger partial charge in [0.25, 0.3) is 0 Å². The number of nitrogens with zero attached hydrogens (tertiary/aromatic N) is 1. The summed E-state index contributed by atoms with van der Waals surface area (Å²) < 4.78 is 5.58. The van der Waals surface area contributed by atoms with Crippen LogP contribution in [-0.4, -0.2) is 49.0 Å². The summed E-state index contributed by atoms with van der Waals surface area (Å²) in [5.41, 5.74) is 7.24. The van der Waals surface area contributed by atoms with E-state index in [-0.39, 0.29) is 6.61 Å². The number of rotatable bonds is 6. The van der Waals surface area contributed by atoms with Crippen LogP contribution in [0.15, 0.2) is 16.8 Å². The molecule has 1 fully saturated rings. The van der Waals surface area contributed by atoms with Gasteiger partial charge in [0.15, 0.2) is 0 Å². The Hall–Kier alpha value is -0.460. The third kappa shape index (κ3) is 3.52. The molecule has 1 aliphatic rings. The van der Waals surface area contributed by atoms with Gasteiger partial charge in [-0.2, -0.15) is 11.3 Å². The van der Waals surface area contributed by atoms with Gasteiger partial charge >= 0.3 is 0 Å². The number of aliphatic hydroxyl groups excluding tert-OH is 1. The zero-order chi connectivity index (χ0) is 12.8. The van der Waals surface area contributed by atoms with Crippen molar-refractivity contribution in [3.8, 4) is 0 Å². The minimum absolute atomic E-state index is 0.112. The van der Waals surface area contributed by atoms with Crippen molar-refractivity contribution in [2.24, 2.45) is 5.73 Å². The fraction of sp³-hybridized carbons (Fsp3) is 0.692. The van der Waals surface area contributed by atoms with Crippen molar-refractivity contribution >= 4 is 11.3 Å². The van der Waals surface area contributed by atoms with Crippen molar-refractivity contribution in [3.63, 3.8) is 0 Å². The molecule has 2 rings (SSSR count). The van der Waals surface area contributed by atoms with Crippen LogP contribution in [-0.2, 0) is 4.74 Å². The Kier molecular flexibility index (Phi) is 5.59. The minimum atomic E-state index is 0.112. The molecule has 1 aromatic heterocycles. The number of nitrogens with two attached hydrogens (primary N) is 1. The van der Waals surface area contributed by atoms with Crippen LogP contribution >= 0.6 is 11.3 Å². The molecule has 1 saturated heterocycles. The minimum Gasteiger partial charge on any atom is -0.394 e. The Morgan fingerprint density at radius 1 is 1.50 bits per heavy atom. The highest BCUT2D eigenvalue weighted by Crippen LogP contribution is 2.26. The lowest BCUT2D eigenvalue weighted by Gasteiger charge is -2.36. The van der Waals surface area contributed by atoms with Gasteiger partial charge in [-0.05, 0) is 35.2 Å². The van der Waals surface area contributed by atoms with Crippen LogP contribution in [0.3, 0.4) is 0 Å². The Labute approximate surface area is 112 Å². The van der Waals surface area contributed by atoms with Gasteiger partial charge in [0.2, 0.25) is 0 Å². The monoisotopic (exact) mass is 270 g/mol. The fourth-order valence-electron chi connectivity index (χ4n) is 2.53. The van der Waals surface area contributed by atoms with Gasteiger partial charge in [-0.25, -0.2) is 0 Å². The maximum atomic E-state index is 8.75. The third-order valence-corrected chi connectivity index (χ3v) is 4.21. The molecule has 1 aromatic rings. The van der Waals surface area contributed by atoms with Crippen molar-refractivity contribution in [1.29, 1.82) is 0 Å². The standard InChI is InChI=1S/C13H22N2O2S/c14-9-13(11-3-8-18-10-11)15-4-1-12(2-5-15)17-7-6-16/h3,8,10,12-13,16H,1-2,4-7,9,14H2. The SMILES string of the molecule is NCC(c1ccsc1)N1CCC(OCCO)CC1. The largest absolute Gasteiger partial charge is 0.394 e. The summed E-state index contributed by atoms with van der Waals surface area (Å²) in [7, 11) is 0. The van der Waals surface area contributed by atoms with Gasteiger partial charge in [0, 0.05) is 25.7 Å². The number of hydrogen-bond acceptors (Lipinski definition) is 5. The van der Waals surface area contributed by atoms with E-state index in [1.165, 1.54) is 5.56 Å². The van der Waals surface area contributed by atoms with Gasteiger partial charge in [-0.15, -0.1) is 0 Å². The van der Waals surface area contributed by atoms with Crippen LogP contribution < -0.4 is 5.73 Å². The van der Waals surface area contributed by atoms with Gasteiger partial charge in [-0.1, -0.05) is 0 Å². The lowest BCUT2D eigenvalue weighted by Crippen LogP contribution is -2.41. The summed E-state index contributed by atoms with van der Waals surface area (Å²) in [5.74, 6) is 0. The van der Waals surface area contributed by atoms with Gasteiger partial charge < -0.3 is 15.6 Å². The van der Waals surface area contributed by atoms with Crippen molar-refractivity contribution < 1.29 is 9.84 Å². The quantitative estimate of drug-likeness (QED) is 0.816. The topological polar surface area (TPSA) is 58.7 Å². The predicted molar refractivity (Wildman–Crippen MR) is 73.7 cm³/mol. The molecule has 5 heteroatoms. The first-order valence-electron chi connectivity index (χ1n) is 6.54. The van der Waals surface area contributed by atoms with Crippen LogP contribution in [0.4, 0.5) is 0 Å². The van der Waals surface area contributed by atoms with Crippen molar-refractivity contribution in [2.45, 2.75) is 25.0 Å². The van der Waals surface area contributed by atoms with E-state index in [4.69, 9.17) is 15.6 Å². The molecular weight excluding hydrogens is 248 g/mol. The van der Waals surface area contributed by atoms with E-state index in [0.717, 1.165) is 25.9 Å². The van der Waals surface area contributed by atoms with Crippen LogP contribution in [0.2, 0.25) is 0 Å². The fourth-order valence-corrected chi connectivity index (χ4v) is 3.24. The predicted octanol–water partition coefficient (Wildman–Crippen LogP) is 1.22. The van der Waals surface area contributed by atoms with Gasteiger partial charge in [-0.3, -0.25) is 4.90 Å². The van der Waals surface area contributed by atoms with Crippen molar-refractivity contribution in [2.75, 3.05) is 32.8 Å². The van der Waals surface area contributed by atoms with E-state index in [0.29, 0.717) is 25.3 Å². The highest BCUT2D eigenvalue weighted by atomic mass is 32.1. The molecule has 3 N–H and O–H groups in total. The molecule has 102 valence electrons. The maximum absolute atomic E-state index is 8.75. The first-order chi connectivity index (χ1) is 8.85. The molecule has 0 radical (unpaired) electrons. The van der Waals surface area contributed by atoms with Crippen LogP contribution in [0.25, 0.3) is 0 Å². The zero-order valence-corrected chi connectivity index (χ0v) is 11.4. The number of likely N-dealkylation sites (tertiary alicyclic amines) is 1. The molecular formula is C13H22N2O2S. The molecule has 0 aliphatic carbocycles. The Morgan fingerprint density at radius 2 is 2.28 bits per heavy atom. The van der Waals surface area contributed by atoms with Crippen LogP contribution in [0.1, 0.15) is 24.4 Å². The molecule has 1 atom stereocenters. The number of thiophene rings is 1. The first kappa shape index (κ1) is 14.0. The summed E-state index contributed by atoms with van der Waals surface area (Å²) in [6.07, 6.45) is 2.36. The smallest absolute Gasteiger partial charge is 0.0701 e. The summed E-state index contributed by atoms with van der Waals surface area (Å²) in [5, 5.41) is 13.0. The lowest BCUT2D eigenvalue weighted by molar-refractivity contribution is -0.0148. The Bertz CT molecular complexity index is 324. The highest BCUT2D eigenvalue weighted by molar-refractivity contribution is 7.07. The number of hydrogen-bond donors (Lipinski definition) is 2. The molecule has 0 aromatic carbocycles. The molecule has 1 unspecified atom stereocenters.